The monoisotopic (exact) mass is 398 g/mol. The highest BCUT2D eigenvalue weighted by atomic mass is 28.4. The van der Waals surface area contributed by atoms with Gasteiger partial charge < -0.3 is 24.9 Å². The fourth-order valence-corrected chi connectivity index (χ4v) is 3.57. The Morgan fingerprint density at radius 2 is 1.62 bits per heavy atom. The fourth-order valence-electron chi connectivity index (χ4n) is 2.20. The summed E-state index contributed by atoms with van der Waals surface area (Å²) < 4.78 is 34.0. The molecule has 0 amide bonds. The molecule has 0 fully saturated rings. The quantitative estimate of drug-likeness (QED) is 0.317. The largest absolute Gasteiger partial charge is 0.411 e. The van der Waals surface area contributed by atoms with Crippen LogP contribution < -0.4 is 0 Å². The lowest BCUT2D eigenvalue weighted by Gasteiger charge is -2.42. The van der Waals surface area contributed by atoms with Crippen molar-refractivity contribution in [1.29, 1.82) is 0 Å². The predicted octanol–water partition coefficient (Wildman–Crippen LogP) is 2.83. The first-order chi connectivity index (χ1) is 11.7. The maximum absolute atomic E-state index is 13.9. The predicted molar refractivity (Wildman–Crippen MR) is 101 cm³/mol. The molecule has 8 heteroatoms. The molecule has 4 N–H and O–H groups in total. The first-order valence-electron chi connectivity index (χ1n) is 9.09. The molecule has 0 aliphatic carbocycles. The molecule has 0 aliphatic rings. The summed E-state index contributed by atoms with van der Waals surface area (Å²) in [7, 11) is -2.32. The van der Waals surface area contributed by atoms with Gasteiger partial charge in [0.25, 0.3) is 5.92 Å². The fraction of sp³-hybridized carbons (Fsp3) is 0.889. The third-order valence-electron chi connectivity index (χ3n) is 4.99. The van der Waals surface area contributed by atoms with Crippen molar-refractivity contribution in [3.63, 3.8) is 0 Å². The molecule has 0 saturated carbocycles. The Balaban J connectivity index is 5.39. The minimum atomic E-state index is -3.78. The molecule has 0 unspecified atom stereocenters. The van der Waals surface area contributed by atoms with Gasteiger partial charge in [0.1, 0.15) is 18.3 Å². The first-order valence-corrected chi connectivity index (χ1v) is 12.0. The van der Waals surface area contributed by atoms with Crippen molar-refractivity contribution in [3.05, 3.63) is 12.2 Å². The molecule has 4 atom stereocenters. The van der Waals surface area contributed by atoms with Crippen LogP contribution in [0.2, 0.25) is 18.1 Å². The summed E-state index contributed by atoms with van der Waals surface area (Å²) in [6.45, 7) is 11.3. The zero-order chi connectivity index (χ0) is 20.8. The smallest absolute Gasteiger partial charge is 0.294 e. The molecule has 156 valence electrons. The molecule has 0 aromatic carbocycles. The minimum absolute atomic E-state index is 0.158. The maximum atomic E-state index is 13.9. The highest BCUT2D eigenvalue weighted by Gasteiger charge is 2.47. The van der Waals surface area contributed by atoms with Crippen LogP contribution in [0.25, 0.3) is 0 Å². The SMILES string of the molecule is CCCC[C@H](O[Si](C)(C)C(C)(C)C)[C@@H](O)[C@H](O)[C@H](O)C(F)(F)/C=C\CO. The molecule has 5 nitrogen and oxygen atoms in total. The average Bonchev–Trinajstić information content (AvgIpc) is 2.53. The van der Waals surface area contributed by atoms with Gasteiger partial charge in [-0.15, -0.1) is 0 Å². The summed E-state index contributed by atoms with van der Waals surface area (Å²) in [5.74, 6) is -3.78. The van der Waals surface area contributed by atoms with Crippen molar-refractivity contribution in [3.8, 4) is 0 Å². The van der Waals surface area contributed by atoms with Crippen molar-refractivity contribution in [2.75, 3.05) is 6.61 Å². The van der Waals surface area contributed by atoms with Crippen molar-refractivity contribution in [1.82, 2.24) is 0 Å². The Morgan fingerprint density at radius 3 is 2.04 bits per heavy atom. The number of aliphatic hydroxyl groups excluding tert-OH is 4. The number of alkyl halides is 2. The number of hydrogen-bond acceptors (Lipinski definition) is 5. The molecular weight excluding hydrogens is 362 g/mol. The zero-order valence-corrected chi connectivity index (χ0v) is 17.7. The van der Waals surface area contributed by atoms with E-state index >= 15 is 0 Å². The van der Waals surface area contributed by atoms with E-state index in [1.807, 2.05) is 40.8 Å². The Bertz CT molecular complexity index is 438. The Morgan fingerprint density at radius 1 is 1.08 bits per heavy atom. The van der Waals surface area contributed by atoms with Gasteiger partial charge >= 0.3 is 0 Å². The van der Waals surface area contributed by atoms with Gasteiger partial charge in [0.05, 0.1) is 12.7 Å². The number of rotatable bonds is 11. The second-order valence-electron chi connectivity index (χ2n) is 8.24. The summed E-state index contributed by atoms with van der Waals surface area (Å²) in [6, 6.07) is 0. The summed E-state index contributed by atoms with van der Waals surface area (Å²) in [4.78, 5) is 0. The topological polar surface area (TPSA) is 90.2 Å². The van der Waals surface area contributed by atoms with Gasteiger partial charge in [0.15, 0.2) is 8.32 Å². The van der Waals surface area contributed by atoms with Gasteiger partial charge in [-0.1, -0.05) is 46.6 Å². The van der Waals surface area contributed by atoms with E-state index in [-0.39, 0.29) is 5.04 Å². The van der Waals surface area contributed by atoms with Crippen LogP contribution in [0.3, 0.4) is 0 Å². The van der Waals surface area contributed by atoms with E-state index in [0.29, 0.717) is 18.9 Å². The number of aliphatic hydroxyl groups is 4. The standard InChI is InChI=1S/C18H36F2O5Si/c1-7-8-10-13(25-26(5,6)17(2,3)4)14(22)15(23)16(24)18(19,20)11-9-12-21/h9,11,13-16,21-24H,7-8,10,12H2,1-6H3/b11-9-/t13-,14+,15-,16-/m0/s1. The van der Waals surface area contributed by atoms with Gasteiger partial charge in [-0.25, -0.2) is 0 Å². The van der Waals surface area contributed by atoms with E-state index in [2.05, 4.69) is 0 Å². The van der Waals surface area contributed by atoms with E-state index in [1.54, 1.807) is 0 Å². The Kier molecular flexibility index (Phi) is 10.1. The van der Waals surface area contributed by atoms with Gasteiger partial charge in [0, 0.05) is 0 Å². The van der Waals surface area contributed by atoms with E-state index < -0.39 is 45.3 Å². The van der Waals surface area contributed by atoms with Crippen molar-refractivity contribution in [2.45, 2.75) is 95.4 Å². The molecule has 0 saturated heterocycles. The third kappa shape index (κ3) is 7.32. The van der Waals surface area contributed by atoms with Crippen molar-refractivity contribution >= 4 is 8.32 Å². The van der Waals surface area contributed by atoms with Gasteiger partial charge in [-0.2, -0.15) is 8.78 Å². The highest BCUT2D eigenvalue weighted by Crippen LogP contribution is 2.38. The molecule has 0 heterocycles. The zero-order valence-electron chi connectivity index (χ0n) is 16.7. The van der Waals surface area contributed by atoms with E-state index in [4.69, 9.17) is 9.53 Å². The second kappa shape index (κ2) is 10.2. The number of hydrogen-bond donors (Lipinski definition) is 4. The summed E-state index contributed by atoms with van der Waals surface area (Å²) in [5.41, 5.74) is 0. The van der Waals surface area contributed by atoms with Crippen LogP contribution in [0.15, 0.2) is 12.2 Å². The van der Waals surface area contributed by atoms with E-state index in [1.165, 1.54) is 0 Å². The lowest BCUT2D eigenvalue weighted by Crippen LogP contribution is -2.55. The van der Waals surface area contributed by atoms with Crippen LogP contribution in [0.1, 0.15) is 47.0 Å². The molecule has 0 rings (SSSR count). The second-order valence-corrected chi connectivity index (χ2v) is 13.0. The van der Waals surface area contributed by atoms with Crippen molar-refractivity contribution in [2.24, 2.45) is 0 Å². The Hall–Kier alpha value is -0.383. The normalized spacial score (nSPS) is 18.8. The molecule has 0 spiro atoms. The highest BCUT2D eigenvalue weighted by molar-refractivity contribution is 6.74. The molecular formula is C18H36F2O5Si. The maximum Gasteiger partial charge on any atom is 0.294 e. The van der Waals surface area contributed by atoms with Crippen molar-refractivity contribution < 1.29 is 33.6 Å². The molecule has 0 aromatic heterocycles. The third-order valence-corrected chi connectivity index (χ3v) is 9.49. The number of unbranched alkanes of at least 4 members (excludes halogenated alkanes) is 1. The minimum Gasteiger partial charge on any atom is -0.411 e. The van der Waals surface area contributed by atoms with Crippen LogP contribution in [0.5, 0.6) is 0 Å². The lowest BCUT2D eigenvalue weighted by molar-refractivity contribution is -0.167. The molecule has 26 heavy (non-hydrogen) atoms. The van der Waals surface area contributed by atoms with Crippen LogP contribution in [0.4, 0.5) is 8.78 Å². The molecule has 0 radical (unpaired) electrons. The van der Waals surface area contributed by atoms with E-state index in [9.17, 15) is 24.1 Å². The summed E-state index contributed by atoms with van der Waals surface area (Å²) in [5, 5.41) is 38.9. The van der Waals surface area contributed by atoms with Crippen LogP contribution in [0, 0.1) is 0 Å². The van der Waals surface area contributed by atoms with E-state index in [0.717, 1.165) is 12.5 Å². The summed E-state index contributed by atoms with van der Waals surface area (Å²) >= 11 is 0. The molecule has 0 bridgehead atoms. The van der Waals surface area contributed by atoms with Gasteiger partial charge in [-0.3, -0.25) is 0 Å². The number of halogens is 2. The molecule has 0 aromatic rings. The summed E-state index contributed by atoms with van der Waals surface area (Å²) in [6.07, 6.45) is -4.08. The Labute approximate surface area is 156 Å². The van der Waals surface area contributed by atoms with Crippen LogP contribution in [-0.4, -0.2) is 65.7 Å². The van der Waals surface area contributed by atoms with Gasteiger partial charge in [-0.05, 0) is 30.6 Å². The first kappa shape index (κ1) is 25.6. The lowest BCUT2D eigenvalue weighted by atomic mass is 9.96. The average molecular weight is 399 g/mol. The molecule has 0 aliphatic heterocycles. The van der Waals surface area contributed by atoms with Crippen LogP contribution >= 0.6 is 0 Å². The van der Waals surface area contributed by atoms with Gasteiger partial charge in [0.2, 0.25) is 0 Å². The van der Waals surface area contributed by atoms with Crippen LogP contribution in [-0.2, 0) is 4.43 Å².